The maximum atomic E-state index is 12.0. The summed E-state index contributed by atoms with van der Waals surface area (Å²) in [5, 5.41) is 11.9. The highest BCUT2D eigenvalue weighted by Gasteiger charge is 2.13. The van der Waals surface area contributed by atoms with Gasteiger partial charge < -0.3 is 10.4 Å². The maximum Gasteiger partial charge on any atom is 0.303 e. The van der Waals surface area contributed by atoms with Crippen LogP contribution < -0.4 is 5.32 Å². The van der Waals surface area contributed by atoms with E-state index in [2.05, 4.69) is 5.32 Å². The van der Waals surface area contributed by atoms with Gasteiger partial charge in [0.05, 0.1) is 0 Å². The van der Waals surface area contributed by atoms with Crippen molar-refractivity contribution >= 4 is 23.5 Å². The van der Waals surface area contributed by atoms with Gasteiger partial charge in [-0.3, -0.25) is 9.59 Å². The number of nitrogens with one attached hydrogen (secondary N) is 1. The summed E-state index contributed by atoms with van der Waals surface area (Å²) in [6.07, 6.45) is 0.0350. The highest BCUT2D eigenvalue weighted by atomic mass is 35.5. The molecule has 0 saturated heterocycles. The highest BCUT2D eigenvalue weighted by molar-refractivity contribution is 6.31. The maximum absolute atomic E-state index is 12.0. The van der Waals surface area contributed by atoms with Crippen molar-refractivity contribution in [2.24, 2.45) is 5.92 Å². The van der Waals surface area contributed by atoms with Crippen molar-refractivity contribution in [2.75, 3.05) is 6.54 Å². The zero-order chi connectivity index (χ0) is 15.3. The van der Waals surface area contributed by atoms with Crippen molar-refractivity contribution < 1.29 is 14.7 Å². The van der Waals surface area contributed by atoms with E-state index in [1.807, 2.05) is 19.9 Å². The topological polar surface area (TPSA) is 66.4 Å². The Morgan fingerprint density at radius 2 is 1.95 bits per heavy atom. The quantitative estimate of drug-likeness (QED) is 0.846. The second-order valence-electron chi connectivity index (χ2n) is 5.30. The number of carboxylic acids is 1. The third-order valence-corrected chi connectivity index (χ3v) is 3.35. The Bertz CT molecular complexity index is 500. The van der Waals surface area contributed by atoms with E-state index in [1.165, 1.54) is 0 Å². The van der Waals surface area contributed by atoms with Gasteiger partial charge >= 0.3 is 5.97 Å². The molecule has 4 nitrogen and oxygen atoms in total. The van der Waals surface area contributed by atoms with Crippen LogP contribution in [0.1, 0.15) is 49.0 Å². The van der Waals surface area contributed by atoms with E-state index in [0.29, 0.717) is 23.0 Å². The van der Waals surface area contributed by atoms with Gasteiger partial charge in [0, 0.05) is 23.6 Å². The Hall–Kier alpha value is -1.55. The van der Waals surface area contributed by atoms with E-state index in [-0.39, 0.29) is 18.2 Å². The van der Waals surface area contributed by atoms with Crippen LogP contribution in [0.15, 0.2) is 18.2 Å². The number of hydrogen-bond donors (Lipinski definition) is 2. The molecule has 0 fully saturated rings. The van der Waals surface area contributed by atoms with Crippen molar-refractivity contribution in [2.45, 2.75) is 33.1 Å². The van der Waals surface area contributed by atoms with Crippen molar-refractivity contribution in [1.29, 1.82) is 0 Å². The normalized spacial score (nSPS) is 12.2. The van der Waals surface area contributed by atoms with Crippen LogP contribution in [0.4, 0.5) is 0 Å². The van der Waals surface area contributed by atoms with Gasteiger partial charge in [-0.15, -0.1) is 0 Å². The highest BCUT2D eigenvalue weighted by Crippen LogP contribution is 2.25. The average Bonchev–Trinajstić information content (AvgIpc) is 2.34. The Morgan fingerprint density at radius 1 is 1.30 bits per heavy atom. The Morgan fingerprint density at radius 3 is 2.45 bits per heavy atom. The first-order chi connectivity index (χ1) is 9.31. The molecule has 0 aliphatic carbocycles. The summed E-state index contributed by atoms with van der Waals surface area (Å²) in [6, 6.07) is 5.23. The predicted octanol–water partition coefficient (Wildman–Crippen LogP) is 3.30. The van der Waals surface area contributed by atoms with Gasteiger partial charge in [0.15, 0.2) is 0 Å². The van der Waals surface area contributed by atoms with E-state index in [0.717, 1.165) is 5.56 Å². The first-order valence-electron chi connectivity index (χ1n) is 6.60. The fourth-order valence-electron chi connectivity index (χ4n) is 1.88. The van der Waals surface area contributed by atoms with Crippen molar-refractivity contribution in [3.63, 3.8) is 0 Å². The van der Waals surface area contributed by atoms with Crippen LogP contribution in [0.25, 0.3) is 0 Å². The molecule has 0 aromatic heterocycles. The lowest BCUT2D eigenvalue weighted by Gasteiger charge is -2.12. The molecule has 5 heteroatoms. The number of benzene rings is 1. The molecule has 1 aromatic carbocycles. The van der Waals surface area contributed by atoms with E-state index >= 15 is 0 Å². The van der Waals surface area contributed by atoms with Gasteiger partial charge in [0.25, 0.3) is 5.91 Å². The van der Waals surface area contributed by atoms with Gasteiger partial charge in [-0.05, 0) is 29.5 Å². The van der Waals surface area contributed by atoms with Gasteiger partial charge in [0.2, 0.25) is 0 Å². The Labute approximate surface area is 124 Å². The van der Waals surface area contributed by atoms with Crippen molar-refractivity contribution in [3.05, 3.63) is 34.3 Å². The lowest BCUT2D eigenvalue weighted by atomic mass is 10.0. The molecular formula is C15H20ClNO3. The minimum Gasteiger partial charge on any atom is -0.481 e. The van der Waals surface area contributed by atoms with Gasteiger partial charge in [-0.2, -0.15) is 0 Å². The fraction of sp³-hybridized carbons (Fsp3) is 0.467. The molecule has 0 spiro atoms. The molecule has 0 heterocycles. The summed E-state index contributed by atoms with van der Waals surface area (Å²) in [4.78, 5) is 22.5. The van der Waals surface area contributed by atoms with Crippen LogP contribution in [0.3, 0.4) is 0 Å². The van der Waals surface area contributed by atoms with Crippen LogP contribution >= 0.6 is 11.6 Å². The summed E-state index contributed by atoms with van der Waals surface area (Å²) in [6.45, 7) is 6.18. The zero-order valence-electron chi connectivity index (χ0n) is 11.9. The minimum absolute atomic E-state index is 0.0350. The number of rotatable bonds is 6. The van der Waals surface area contributed by atoms with Gasteiger partial charge in [-0.25, -0.2) is 0 Å². The standard InChI is InChI=1S/C15H20ClNO3/c1-9(2)12-5-4-11(7-13(12)16)15(20)17-8-10(3)6-14(18)19/h4-5,7,9-10H,6,8H2,1-3H3,(H,17,20)(H,18,19). The smallest absolute Gasteiger partial charge is 0.303 e. The van der Waals surface area contributed by atoms with Crippen LogP contribution in [-0.2, 0) is 4.79 Å². The predicted molar refractivity (Wildman–Crippen MR) is 79.3 cm³/mol. The lowest BCUT2D eigenvalue weighted by molar-refractivity contribution is -0.137. The third-order valence-electron chi connectivity index (χ3n) is 3.02. The number of aliphatic carboxylic acids is 1. The largest absolute Gasteiger partial charge is 0.481 e. The van der Waals surface area contributed by atoms with E-state index in [1.54, 1.807) is 19.1 Å². The minimum atomic E-state index is -0.865. The van der Waals surface area contributed by atoms with E-state index < -0.39 is 5.97 Å². The monoisotopic (exact) mass is 297 g/mol. The number of carbonyl (C=O) groups is 2. The summed E-state index contributed by atoms with van der Waals surface area (Å²) < 4.78 is 0. The second kappa shape index (κ2) is 7.29. The molecule has 20 heavy (non-hydrogen) atoms. The molecule has 1 aromatic rings. The Balaban J connectivity index is 2.64. The molecule has 110 valence electrons. The number of halogens is 1. The molecule has 1 atom stereocenters. The molecule has 2 N–H and O–H groups in total. The zero-order valence-corrected chi connectivity index (χ0v) is 12.7. The third kappa shape index (κ3) is 4.85. The van der Waals surface area contributed by atoms with Crippen LogP contribution in [0, 0.1) is 5.92 Å². The molecule has 0 aliphatic heterocycles. The fourth-order valence-corrected chi connectivity index (χ4v) is 2.27. The first-order valence-corrected chi connectivity index (χ1v) is 6.98. The molecule has 1 amide bonds. The summed E-state index contributed by atoms with van der Waals surface area (Å²) in [5.41, 5.74) is 1.49. The van der Waals surface area contributed by atoms with E-state index in [4.69, 9.17) is 16.7 Å². The van der Waals surface area contributed by atoms with Crippen molar-refractivity contribution in [3.8, 4) is 0 Å². The first kappa shape index (κ1) is 16.5. The van der Waals surface area contributed by atoms with Crippen LogP contribution in [0.2, 0.25) is 5.02 Å². The summed E-state index contributed by atoms with van der Waals surface area (Å²) >= 11 is 6.14. The number of hydrogen-bond acceptors (Lipinski definition) is 2. The molecule has 1 unspecified atom stereocenters. The SMILES string of the molecule is CC(CNC(=O)c1ccc(C(C)C)c(Cl)c1)CC(=O)O. The number of carbonyl (C=O) groups excluding carboxylic acids is 1. The second-order valence-corrected chi connectivity index (χ2v) is 5.71. The average molecular weight is 298 g/mol. The summed E-state index contributed by atoms with van der Waals surface area (Å²) in [5.74, 6) is -0.910. The molecule has 0 saturated carbocycles. The molecule has 0 radical (unpaired) electrons. The molecule has 0 bridgehead atoms. The molecule has 1 rings (SSSR count). The van der Waals surface area contributed by atoms with Gasteiger partial charge in [-0.1, -0.05) is 38.4 Å². The molecular weight excluding hydrogens is 278 g/mol. The van der Waals surface area contributed by atoms with Crippen molar-refractivity contribution in [1.82, 2.24) is 5.32 Å². The Kier molecular flexibility index (Phi) is 6.02. The number of carboxylic acid groups (broad SMARTS) is 1. The van der Waals surface area contributed by atoms with Crippen LogP contribution in [0.5, 0.6) is 0 Å². The lowest BCUT2D eigenvalue weighted by Crippen LogP contribution is -2.29. The van der Waals surface area contributed by atoms with Gasteiger partial charge in [0.1, 0.15) is 0 Å². The van der Waals surface area contributed by atoms with Crippen LogP contribution in [-0.4, -0.2) is 23.5 Å². The summed E-state index contributed by atoms with van der Waals surface area (Å²) in [7, 11) is 0. The molecule has 0 aliphatic rings. The van der Waals surface area contributed by atoms with E-state index in [9.17, 15) is 9.59 Å². The number of amides is 1.